The second-order valence-electron chi connectivity index (χ2n) is 5.03. The van der Waals surface area contributed by atoms with Crippen LogP contribution in [0, 0.1) is 5.82 Å². The number of anilines is 2. The minimum absolute atomic E-state index is 0.294. The van der Waals surface area contributed by atoms with E-state index in [-0.39, 0.29) is 11.7 Å². The van der Waals surface area contributed by atoms with E-state index < -0.39 is 0 Å². The zero-order valence-electron chi connectivity index (χ0n) is 12.6. The quantitative estimate of drug-likeness (QED) is 0.553. The van der Waals surface area contributed by atoms with Crippen LogP contribution in [0.3, 0.4) is 0 Å². The second-order valence-corrected chi connectivity index (χ2v) is 5.89. The summed E-state index contributed by atoms with van der Waals surface area (Å²) < 4.78 is 12.8. The van der Waals surface area contributed by atoms with Crippen LogP contribution < -0.4 is 11.1 Å². The summed E-state index contributed by atoms with van der Waals surface area (Å²) in [5, 5.41) is 5.08. The highest BCUT2D eigenvalue weighted by Gasteiger charge is 2.06. The number of hydrogen-bond acceptors (Lipinski definition) is 4. The molecule has 0 saturated carbocycles. The van der Waals surface area contributed by atoms with E-state index >= 15 is 0 Å². The molecule has 1 heterocycles. The molecule has 3 rings (SSSR count). The van der Waals surface area contributed by atoms with E-state index in [9.17, 15) is 9.18 Å². The zero-order chi connectivity index (χ0) is 16.9. The van der Waals surface area contributed by atoms with Gasteiger partial charge in [-0.15, -0.1) is 11.3 Å². The van der Waals surface area contributed by atoms with E-state index in [0.717, 1.165) is 16.8 Å². The molecule has 0 bridgehead atoms. The van der Waals surface area contributed by atoms with Gasteiger partial charge in [0.15, 0.2) is 5.13 Å². The fraction of sp³-hybridized carbons (Fsp3) is 0. The molecule has 0 saturated heterocycles. The number of nitrogens with zero attached hydrogens (tertiary/aromatic N) is 1. The average Bonchev–Trinajstić information content (AvgIpc) is 3.03. The third-order valence-electron chi connectivity index (χ3n) is 3.24. The molecule has 1 amide bonds. The van der Waals surface area contributed by atoms with Crippen molar-refractivity contribution in [1.82, 2.24) is 4.98 Å². The number of thiazole rings is 1. The molecule has 3 N–H and O–H groups in total. The number of rotatable bonds is 4. The van der Waals surface area contributed by atoms with Gasteiger partial charge in [0.2, 0.25) is 5.91 Å². The predicted molar refractivity (Wildman–Crippen MR) is 96.0 cm³/mol. The fourth-order valence-corrected chi connectivity index (χ4v) is 2.73. The van der Waals surface area contributed by atoms with Crippen LogP contribution in [0.15, 0.2) is 60.0 Å². The van der Waals surface area contributed by atoms with Gasteiger partial charge in [-0.2, -0.15) is 0 Å². The maximum absolute atomic E-state index is 12.8. The summed E-state index contributed by atoms with van der Waals surface area (Å²) in [4.78, 5) is 16.3. The van der Waals surface area contributed by atoms with Gasteiger partial charge < -0.3 is 5.73 Å². The number of hydrogen-bond donors (Lipinski definition) is 2. The van der Waals surface area contributed by atoms with Crippen molar-refractivity contribution in [1.29, 1.82) is 0 Å². The first kappa shape index (κ1) is 15.9. The van der Waals surface area contributed by atoms with Crippen LogP contribution in [-0.2, 0) is 4.79 Å². The van der Waals surface area contributed by atoms with Crippen LogP contribution in [0.5, 0.6) is 0 Å². The lowest BCUT2D eigenvalue weighted by molar-refractivity contribution is -0.111. The summed E-state index contributed by atoms with van der Waals surface area (Å²) in [6, 6.07) is 13.3. The normalized spacial score (nSPS) is 10.9. The monoisotopic (exact) mass is 339 g/mol. The molecule has 0 aliphatic heterocycles. The van der Waals surface area contributed by atoms with Crippen LogP contribution in [0.4, 0.5) is 15.2 Å². The summed E-state index contributed by atoms with van der Waals surface area (Å²) in [5.74, 6) is -0.605. The van der Waals surface area contributed by atoms with Gasteiger partial charge in [-0.25, -0.2) is 9.37 Å². The highest BCUT2D eigenvalue weighted by Crippen LogP contribution is 2.25. The molecule has 4 nitrogen and oxygen atoms in total. The van der Waals surface area contributed by atoms with Gasteiger partial charge in [-0.3, -0.25) is 10.1 Å². The van der Waals surface area contributed by atoms with Crippen molar-refractivity contribution in [3.8, 4) is 11.3 Å². The van der Waals surface area contributed by atoms with Crippen molar-refractivity contribution in [3.05, 3.63) is 71.4 Å². The molecule has 1 aromatic heterocycles. The Kier molecular flexibility index (Phi) is 4.67. The molecule has 120 valence electrons. The second kappa shape index (κ2) is 7.06. The Bertz CT molecular complexity index is 870. The molecular formula is C18H14FN3OS. The Hall–Kier alpha value is -2.99. The summed E-state index contributed by atoms with van der Waals surface area (Å²) in [7, 11) is 0. The van der Waals surface area contributed by atoms with Gasteiger partial charge in [0.25, 0.3) is 0 Å². The van der Waals surface area contributed by atoms with Gasteiger partial charge in [0, 0.05) is 22.7 Å². The summed E-state index contributed by atoms with van der Waals surface area (Å²) >= 11 is 1.34. The average molecular weight is 339 g/mol. The lowest BCUT2D eigenvalue weighted by atomic mass is 10.1. The number of benzene rings is 2. The van der Waals surface area contributed by atoms with Gasteiger partial charge in [0.05, 0.1) is 5.69 Å². The standard InChI is InChI=1S/C18H14FN3OS/c19-14-6-1-12(2-7-14)3-10-17(23)22-18-21-16(11-24-18)13-4-8-15(20)9-5-13/h1-11H,20H2,(H,21,22,23)/b10-3+. The van der Waals surface area contributed by atoms with Crippen molar-refractivity contribution in [2.75, 3.05) is 11.1 Å². The van der Waals surface area contributed by atoms with E-state index in [2.05, 4.69) is 10.3 Å². The van der Waals surface area contributed by atoms with Gasteiger partial charge >= 0.3 is 0 Å². The number of nitrogens with two attached hydrogens (primary N) is 1. The number of halogens is 1. The number of carbonyl (C=O) groups is 1. The third-order valence-corrected chi connectivity index (χ3v) is 4.00. The molecule has 0 atom stereocenters. The first-order valence-electron chi connectivity index (χ1n) is 7.16. The first-order valence-corrected chi connectivity index (χ1v) is 8.04. The highest BCUT2D eigenvalue weighted by molar-refractivity contribution is 7.14. The predicted octanol–water partition coefficient (Wildman–Crippen LogP) is 4.18. The Morgan fingerprint density at radius 2 is 1.83 bits per heavy atom. The van der Waals surface area contributed by atoms with E-state index in [4.69, 9.17) is 5.73 Å². The Morgan fingerprint density at radius 3 is 2.54 bits per heavy atom. The van der Waals surface area contributed by atoms with Gasteiger partial charge in [-0.1, -0.05) is 24.3 Å². The number of nitrogen functional groups attached to an aromatic ring is 1. The number of aromatic nitrogens is 1. The van der Waals surface area contributed by atoms with Crippen molar-refractivity contribution in [2.24, 2.45) is 0 Å². The van der Waals surface area contributed by atoms with Crippen LogP contribution in [-0.4, -0.2) is 10.9 Å². The van der Waals surface area contributed by atoms with Crippen LogP contribution in [0.1, 0.15) is 5.56 Å². The van der Waals surface area contributed by atoms with E-state index in [1.807, 2.05) is 17.5 Å². The fourth-order valence-electron chi connectivity index (χ4n) is 2.01. The van der Waals surface area contributed by atoms with Crippen LogP contribution in [0.25, 0.3) is 17.3 Å². The molecule has 3 aromatic rings. The molecule has 0 aliphatic rings. The van der Waals surface area contributed by atoms with Gasteiger partial charge in [0.1, 0.15) is 5.82 Å². The largest absolute Gasteiger partial charge is 0.399 e. The molecule has 0 radical (unpaired) electrons. The summed E-state index contributed by atoms with van der Waals surface area (Å²) in [6.45, 7) is 0. The molecule has 24 heavy (non-hydrogen) atoms. The van der Waals surface area contributed by atoms with Crippen LogP contribution >= 0.6 is 11.3 Å². The lowest BCUT2D eigenvalue weighted by Crippen LogP contribution is -2.07. The zero-order valence-corrected chi connectivity index (χ0v) is 13.4. The van der Waals surface area contributed by atoms with Crippen LogP contribution in [0.2, 0.25) is 0 Å². The Morgan fingerprint density at radius 1 is 1.12 bits per heavy atom. The molecule has 0 spiro atoms. The molecule has 0 aliphatic carbocycles. The molecular weight excluding hydrogens is 325 g/mol. The smallest absolute Gasteiger partial charge is 0.250 e. The Labute approximate surface area is 142 Å². The molecule has 0 fully saturated rings. The topological polar surface area (TPSA) is 68.0 Å². The number of nitrogens with one attached hydrogen (secondary N) is 1. The minimum atomic E-state index is -0.311. The maximum atomic E-state index is 12.8. The van der Waals surface area contributed by atoms with Gasteiger partial charge in [-0.05, 0) is 35.9 Å². The number of amides is 1. The molecule has 0 unspecified atom stereocenters. The van der Waals surface area contributed by atoms with Crippen molar-refractivity contribution >= 4 is 34.1 Å². The summed E-state index contributed by atoms with van der Waals surface area (Å²) in [5.41, 5.74) is 8.80. The SMILES string of the molecule is Nc1ccc(-c2csc(NC(=O)/C=C/c3ccc(F)cc3)n2)cc1. The lowest BCUT2D eigenvalue weighted by Gasteiger charge is -1.98. The first-order chi connectivity index (χ1) is 11.6. The molecule has 6 heteroatoms. The third kappa shape index (κ3) is 4.05. The van der Waals surface area contributed by atoms with Crippen molar-refractivity contribution in [2.45, 2.75) is 0 Å². The highest BCUT2D eigenvalue weighted by atomic mass is 32.1. The van der Waals surface area contributed by atoms with E-state index in [1.165, 1.54) is 29.5 Å². The van der Waals surface area contributed by atoms with Crippen molar-refractivity contribution in [3.63, 3.8) is 0 Å². The van der Waals surface area contributed by atoms with Crippen molar-refractivity contribution < 1.29 is 9.18 Å². The molecule has 2 aromatic carbocycles. The Balaban J connectivity index is 1.64. The summed E-state index contributed by atoms with van der Waals surface area (Å²) in [6.07, 6.45) is 3.00. The van der Waals surface area contributed by atoms with E-state index in [0.29, 0.717) is 10.8 Å². The number of carbonyl (C=O) groups excluding carboxylic acids is 1. The van der Waals surface area contributed by atoms with E-state index in [1.54, 1.807) is 30.3 Å². The minimum Gasteiger partial charge on any atom is -0.399 e. The maximum Gasteiger partial charge on any atom is 0.250 e.